The molecule has 0 amide bonds. The summed E-state index contributed by atoms with van der Waals surface area (Å²) in [7, 11) is -76.6. The average molecular weight is 2080 g/mol. The molecule has 19 unspecified atom stereocenters. The zero-order chi connectivity index (χ0) is 93.1. The zero-order valence-corrected chi connectivity index (χ0v) is 76.8. The van der Waals surface area contributed by atoms with Crippen molar-refractivity contribution >= 4 is 117 Å². The Hall–Kier alpha value is 1.43. The van der Waals surface area contributed by atoms with Crippen molar-refractivity contribution in [2.24, 2.45) is 23.7 Å². The van der Waals surface area contributed by atoms with Gasteiger partial charge in [-0.25, -0.2) is 0 Å². The van der Waals surface area contributed by atoms with Crippen LogP contribution in [0.3, 0.4) is 0 Å². The molecular weight excluding hydrogens is 2000 g/mol. The number of hydrogen-bond acceptors (Lipinski definition) is 60. The van der Waals surface area contributed by atoms with Gasteiger partial charge >= 0.3 is 0 Å². The van der Waals surface area contributed by atoms with Gasteiger partial charge in [0.1, 0.15) is 0 Å². The van der Waals surface area contributed by atoms with Gasteiger partial charge in [0.05, 0.1) is 185 Å². The molecule has 121 heavy (non-hydrogen) atoms. The molecule has 19 atom stereocenters. The van der Waals surface area contributed by atoms with E-state index in [1.807, 2.05) is 0 Å². The van der Waals surface area contributed by atoms with E-state index < -0.39 is 326 Å². The van der Waals surface area contributed by atoms with Gasteiger partial charge < -0.3 is 210 Å². The fraction of sp³-hybridized carbons (Fsp3) is 1.00. The van der Waals surface area contributed by atoms with Crippen LogP contribution in [0.2, 0.25) is 0 Å². The molecule has 0 aliphatic heterocycles. The minimum Gasteiger partial charge on any atom is -0.756 e. The molecule has 730 valence electrons. The molecule has 0 saturated heterocycles. The van der Waals surface area contributed by atoms with Crippen molar-refractivity contribution in [3.8, 4) is 0 Å². The Labute approximate surface area is 688 Å². The normalized spacial score (nSPS) is 20.9. The average Bonchev–Trinajstić information content (AvgIpc) is 0.941. The van der Waals surface area contributed by atoms with Crippen LogP contribution in [-0.2, 0) is 195 Å². The van der Waals surface area contributed by atoms with E-state index >= 15 is 0 Å². The van der Waals surface area contributed by atoms with Crippen LogP contribution in [0, 0.1) is 23.7 Å². The molecule has 0 aromatic carbocycles. The predicted octanol–water partition coefficient (Wildman–Crippen LogP) is -4.50. The highest BCUT2D eigenvalue weighted by atomic mass is 31.2. The maximum absolute atomic E-state index is 12.2. The van der Waals surface area contributed by atoms with Crippen molar-refractivity contribution in [2.75, 3.05) is 198 Å². The number of nitrogens with one attached hydrogen (secondary N) is 2. The molecule has 0 radical (unpaired) electrons. The van der Waals surface area contributed by atoms with E-state index in [2.05, 4.69) is 127 Å². The zero-order valence-electron chi connectivity index (χ0n) is 63.4. The van der Waals surface area contributed by atoms with Gasteiger partial charge in [0.15, 0.2) is 0 Å². The van der Waals surface area contributed by atoms with Crippen molar-refractivity contribution < 1.29 is 287 Å². The largest absolute Gasteiger partial charge is 0.756 e. The van der Waals surface area contributed by atoms with Gasteiger partial charge in [-0.2, -0.15) is 11.1 Å². The summed E-state index contributed by atoms with van der Waals surface area (Å²) in [6.45, 7) is -18.2. The van der Waals surface area contributed by atoms with E-state index in [0.29, 0.717) is 12.8 Å². The van der Waals surface area contributed by atoms with Gasteiger partial charge in [0, 0.05) is 24.9 Å². The second kappa shape index (κ2) is 62.8. The molecule has 79 heteroatoms. The Morgan fingerprint density at radius 3 is 0.397 bits per heavy atom. The minimum atomic E-state index is -5.23. The summed E-state index contributed by atoms with van der Waals surface area (Å²) < 4.78 is 320. The third-order valence-electron chi connectivity index (χ3n) is 12.3. The molecule has 4 N–H and O–H groups in total. The third kappa shape index (κ3) is 76.5. The van der Waals surface area contributed by atoms with Crippen LogP contribution in [0.1, 0.15) is 53.4 Å². The highest BCUT2D eigenvalue weighted by Gasteiger charge is 2.25. The Bertz CT molecular complexity index is 3630. The minimum absolute atomic E-state index is 0.162. The lowest BCUT2D eigenvalue weighted by Gasteiger charge is -2.27. The molecule has 0 aliphatic rings. The predicted molar refractivity (Wildman–Crippen MR) is 359 cm³/mol. The molecule has 0 rings (SSSR count). The van der Waals surface area contributed by atoms with Crippen LogP contribution in [0.25, 0.3) is 0 Å². The van der Waals surface area contributed by atoms with Gasteiger partial charge in [-0.1, -0.05) is 27.7 Å². The maximum Gasteiger partial charge on any atom is 0.268 e. The van der Waals surface area contributed by atoms with E-state index in [-0.39, 0.29) is 25.9 Å². The van der Waals surface area contributed by atoms with Gasteiger partial charge in [-0.3, -0.25) is 68.5 Å². The SMILES string of the molecule is CCC(CNF)COP(=O)([O-])OCCOP(=O)([O-])OCCOP(=O)([O-])OCCOP(=O)([O-])OCCOP(=O)([O-])OCCOP(=O)([O-])OCC(CC)COP(=O)([O-])O.CCC(CNF)COP(=O)([O-])OCCOP(=O)([O-])OCCOP(=O)([O-])OCCOP(=O)([O-])OCCOP(=O)([O-])OCCOP(=O)([O-])OCCOP(=O)([O-])OCC(CC)COP(=O)([O-])O. The molecule has 0 bridgehead atoms. The van der Waals surface area contributed by atoms with Crippen LogP contribution < -0.4 is 84.5 Å². The molecule has 62 nitrogen and oxygen atoms in total. The summed E-state index contributed by atoms with van der Waals surface area (Å²) in [6, 6.07) is 0. The highest BCUT2D eigenvalue weighted by Crippen LogP contribution is 2.49. The van der Waals surface area contributed by atoms with Crippen molar-refractivity contribution in [1.82, 2.24) is 11.1 Å². The Kier molecular flexibility index (Phi) is 64.6. The van der Waals surface area contributed by atoms with E-state index in [9.17, 15) is 151 Å². The number of halogens is 2. The highest BCUT2D eigenvalue weighted by molar-refractivity contribution is 7.49. The second-order valence-corrected chi connectivity index (χ2v) is 42.4. The Balaban J connectivity index is 0. The standard InChI is InChI=1S/C22H54FNO32P8.C20H49FNO28P7/c1-3-21(17-24-23)18-55-63(38,39)52-15-13-50-61(34,35)48-11-9-46-59(30,31)44-7-5-42-58(28,29)43-6-8-45-60(32,33)47-10-12-49-62(36,37)51-14-16-53-64(40,41)56-20-22(4-2)19-54-57(25,26)27;1-3-19(15-22-21)16-49-56(34,35)46-13-11-44-54(30,31)42-9-7-40-52(26,27)38-5-6-39-53(28,29)41-8-10-43-55(32,33)45-12-14-47-57(36,37)50-18-20(4-2)17-48-51(23,24)25/h21-22,24H,3-20H2,1-2H3,(H,28,29)(H,30,31)(H,32,33)(H,34,35)(H,36,37)(H,38,39)(H,40,41)(H2,25,26,27);19-20,22H,3-18H2,1-2H3,(H,26,27)(H,28,29)(H,30,31)(H,32,33)(H,34,35)(H,36,37)(H2,23,24,25)/p-15. The summed E-state index contributed by atoms with van der Waals surface area (Å²) in [4.78, 5) is 191. The summed E-state index contributed by atoms with van der Waals surface area (Å²) in [6.07, 6.45) is 1.06. The van der Waals surface area contributed by atoms with Crippen LogP contribution in [0.15, 0.2) is 0 Å². The first-order chi connectivity index (χ1) is 55.5. The molecular formula is C42H88F2N2O60P15-15. The van der Waals surface area contributed by atoms with Crippen molar-refractivity contribution in [3.05, 3.63) is 0 Å². The van der Waals surface area contributed by atoms with Crippen molar-refractivity contribution in [2.45, 2.75) is 53.4 Å². The summed E-state index contributed by atoms with van der Waals surface area (Å²) in [5, 5.41) is 0. The van der Waals surface area contributed by atoms with E-state index in [0.717, 1.165) is 0 Å². The molecule has 0 aromatic rings. The lowest BCUT2D eigenvalue weighted by Crippen LogP contribution is -2.22. The lowest BCUT2D eigenvalue weighted by atomic mass is 10.1. The Morgan fingerprint density at radius 2 is 0.298 bits per heavy atom. The number of rotatable bonds is 81. The summed E-state index contributed by atoms with van der Waals surface area (Å²) >= 11 is 0. The molecule has 0 aromatic heterocycles. The molecule has 0 fully saturated rings. The van der Waals surface area contributed by atoms with Gasteiger partial charge in [-0.05, 0) is 37.5 Å². The number of phosphoric acid groups is 15. The third-order valence-corrected chi connectivity index (χ3v) is 26.1. The Morgan fingerprint density at radius 1 is 0.198 bits per heavy atom. The quantitative estimate of drug-likeness (QED) is 0.0253. The second-order valence-electron chi connectivity index (χ2n) is 21.6. The lowest BCUT2D eigenvalue weighted by molar-refractivity contribution is -0.238. The van der Waals surface area contributed by atoms with Crippen molar-refractivity contribution in [3.63, 3.8) is 0 Å². The number of hydrogen-bond donors (Lipinski definition) is 4. The smallest absolute Gasteiger partial charge is 0.268 e. The summed E-state index contributed by atoms with van der Waals surface area (Å²) in [5.41, 5.74) is 2.72. The first-order valence-corrected chi connectivity index (χ1v) is 55.4. The van der Waals surface area contributed by atoms with E-state index in [1.165, 1.54) is 24.9 Å². The van der Waals surface area contributed by atoms with Gasteiger partial charge in [0.2, 0.25) is 0 Å². The molecule has 0 heterocycles. The fourth-order valence-corrected chi connectivity index (χ4v) is 16.3. The van der Waals surface area contributed by atoms with Gasteiger partial charge in [-0.15, -0.1) is 8.96 Å². The van der Waals surface area contributed by atoms with Gasteiger partial charge in [0.25, 0.3) is 117 Å². The molecule has 0 spiro atoms. The van der Waals surface area contributed by atoms with Crippen LogP contribution in [0.5, 0.6) is 0 Å². The first-order valence-electron chi connectivity index (χ1n) is 33.4. The topological polar surface area (TPSA) is 925 Å². The fourth-order valence-electron chi connectivity index (χ4n) is 6.38. The molecule has 0 saturated carbocycles. The number of phosphoric ester groups is 15. The monoisotopic (exact) mass is 2080 g/mol. The van der Waals surface area contributed by atoms with E-state index in [1.54, 1.807) is 13.8 Å². The molecule has 0 aliphatic carbocycles. The van der Waals surface area contributed by atoms with E-state index in [4.69, 9.17) is 9.79 Å². The van der Waals surface area contributed by atoms with Crippen LogP contribution in [-0.4, -0.2) is 208 Å². The first kappa shape index (κ1) is 124. The van der Waals surface area contributed by atoms with Crippen LogP contribution in [0.4, 0.5) is 8.96 Å². The summed E-state index contributed by atoms with van der Waals surface area (Å²) in [5.74, 6) is -2.61. The van der Waals surface area contributed by atoms with Crippen molar-refractivity contribution in [1.29, 1.82) is 0 Å². The maximum atomic E-state index is 12.2. The van der Waals surface area contributed by atoms with Crippen LogP contribution >= 0.6 is 117 Å².